The van der Waals surface area contributed by atoms with Gasteiger partial charge in [-0.05, 0) is 47.0 Å². The summed E-state index contributed by atoms with van der Waals surface area (Å²) in [6.45, 7) is 3.94. The van der Waals surface area contributed by atoms with E-state index in [1.165, 1.54) is 6.07 Å². The molecule has 0 saturated heterocycles. The molecule has 1 heterocycles. The van der Waals surface area contributed by atoms with Crippen molar-refractivity contribution in [1.82, 2.24) is 4.72 Å². The molecule has 3 atom stereocenters. The van der Waals surface area contributed by atoms with E-state index in [0.29, 0.717) is 11.8 Å². The average Bonchev–Trinajstić information content (AvgIpc) is 2.75. The minimum Gasteiger partial charge on any atom is -0.450 e. The predicted molar refractivity (Wildman–Crippen MR) is 78.6 cm³/mol. The van der Waals surface area contributed by atoms with Crippen LogP contribution < -0.4 is 4.72 Å². The van der Waals surface area contributed by atoms with Gasteiger partial charge in [-0.25, -0.2) is 13.1 Å². The van der Waals surface area contributed by atoms with Crippen LogP contribution in [0.2, 0.25) is 0 Å². The van der Waals surface area contributed by atoms with E-state index in [4.69, 9.17) is 9.52 Å². The van der Waals surface area contributed by atoms with Gasteiger partial charge >= 0.3 is 0 Å². The van der Waals surface area contributed by atoms with E-state index in [-0.39, 0.29) is 28.0 Å². The van der Waals surface area contributed by atoms with Gasteiger partial charge in [-0.3, -0.25) is 0 Å². The van der Waals surface area contributed by atoms with Crippen LogP contribution >= 0.6 is 15.9 Å². The molecule has 1 aromatic heterocycles. The zero-order valence-electron chi connectivity index (χ0n) is 11.6. The molecule has 2 N–H and O–H groups in total. The molecule has 2 rings (SSSR count). The van der Waals surface area contributed by atoms with Gasteiger partial charge in [0.2, 0.25) is 10.0 Å². The molecule has 0 radical (unpaired) electrons. The molecule has 0 aliphatic heterocycles. The van der Waals surface area contributed by atoms with E-state index in [1.807, 2.05) is 0 Å². The Balaban J connectivity index is 2.16. The molecule has 3 unspecified atom stereocenters. The van der Waals surface area contributed by atoms with Crippen LogP contribution in [0.4, 0.5) is 0 Å². The molecule has 1 aliphatic carbocycles. The van der Waals surface area contributed by atoms with Gasteiger partial charge in [0.1, 0.15) is 17.3 Å². The molecular formula is C13H20BrNO4S. The summed E-state index contributed by atoms with van der Waals surface area (Å²) in [6, 6.07) is 1.30. The van der Waals surface area contributed by atoms with Crippen molar-refractivity contribution < 1.29 is 17.9 Å². The van der Waals surface area contributed by atoms with Gasteiger partial charge in [-0.1, -0.05) is 13.8 Å². The fourth-order valence-electron chi connectivity index (χ4n) is 2.76. The van der Waals surface area contributed by atoms with Crippen LogP contribution in [0.25, 0.3) is 0 Å². The summed E-state index contributed by atoms with van der Waals surface area (Å²) in [4.78, 5) is 0.0485. The van der Waals surface area contributed by atoms with Crippen molar-refractivity contribution in [2.75, 3.05) is 0 Å². The first kappa shape index (κ1) is 16.0. The first-order chi connectivity index (χ1) is 9.33. The standard InChI is InChI=1S/C13H20BrNO4S/c1-8-3-4-11(9(2)5-8)15-20(17,18)12-6-10(7-16)19-13(12)14/h6,8-9,11,15-16H,3-5,7H2,1-2H3. The van der Waals surface area contributed by atoms with E-state index in [2.05, 4.69) is 34.5 Å². The van der Waals surface area contributed by atoms with Crippen LogP contribution in [0.3, 0.4) is 0 Å². The molecule has 5 nitrogen and oxygen atoms in total. The fourth-order valence-corrected chi connectivity index (χ4v) is 5.14. The zero-order chi connectivity index (χ0) is 14.9. The van der Waals surface area contributed by atoms with Gasteiger partial charge in [0.25, 0.3) is 0 Å². The Morgan fingerprint density at radius 3 is 2.70 bits per heavy atom. The Hall–Kier alpha value is -0.370. The van der Waals surface area contributed by atoms with Crippen molar-refractivity contribution in [2.24, 2.45) is 11.8 Å². The molecule has 1 saturated carbocycles. The Morgan fingerprint density at radius 2 is 2.15 bits per heavy atom. The number of aliphatic hydroxyl groups is 1. The molecule has 0 spiro atoms. The Bertz CT molecular complexity index is 569. The summed E-state index contributed by atoms with van der Waals surface area (Å²) in [6.07, 6.45) is 2.91. The molecule has 0 aromatic carbocycles. The van der Waals surface area contributed by atoms with Crippen molar-refractivity contribution in [3.05, 3.63) is 16.5 Å². The highest BCUT2D eigenvalue weighted by atomic mass is 79.9. The lowest BCUT2D eigenvalue weighted by Crippen LogP contribution is -2.42. The Labute approximate surface area is 127 Å². The largest absolute Gasteiger partial charge is 0.450 e. The average molecular weight is 366 g/mol. The molecule has 7 heteroatoms. The lowest BCUT2D eigenvalue weighted by molar-refractivity contribution is 0.244. The van der Waals surface area contributed by atoms with Gasteiger partial charge in [0.05, 0.1) is 0 Å². The molecule has 1 aliphatic rings. The van der Waals surface area contributed by atoms with Gasteiger partial charge < -0.3 is 9.52 Å². The van der Waals surface area contributed by atoms with Gasteiger partial charge in [-0.2, -0.15) is 0 Å². The van der Waals surface area contributed by atoms with Gasteiger partial charge in [0, 0.05) is 12.1 Å². The second-order valence-electron chi connectivity index (χ2n) is 5.63. The smallest absolute Gasteiger partial charge is 0.245 e. The maximum atomic E-state index is 12.4. The summed E-state index contributed by atoms with van der Waals surface area (Å²) >= 11 is 3.09. The van der Waals surface area contributed by atoms with E-state index in [1.54, 1.807) is 0 Å². The highest BCUT2D eigenvalue weighted by Crippen LogP contribution is 2.31. The minimum atomic E-state index is -3.63. The number of nitrogens with one attached hydrogen (secondary N) is 1. The monoisotopic (exact) mass is 365 g/mol. The predicted octanol–water partition coefficient (Wildman–Crippen LogP) is 2.64. The zero-order valence-corrected chi connectivity index (χ0v) is 14.0. The van der Waals surface area contributed by atoms with Crippen LogP contribution in [-0.4, -0.2) is 19.6 Å². The maximum Gasteiger partial charge on any atom is 0.245 e. The summed E-state index contributed by atoms with van der Waals surface area (Å²) in [5.41, 5.74) is 0. The van der Waals surface area contributed by atoms with E-state index < -0.39 is 10.0 Å². The number of sulfonamides is 1. The first-order valence-electron chi connectivity index (χ1n) is 6.75. The van der Waals surface area contributed by atoms with Crippen LogP contribution in [0.1, 0.15) is 38.9 Å². The van der Waals surface area contributed by atoms with Crippen molar-refractivity contribution in [3.63, 3.8) is 0 Å². The summed E-state index contributed by atoms with van der Waals surface area (Å²) < 4.78 is 32.8. The minimum absolute atomic E-state index is 0.0458. The molecule has 1 aromatic rings. The van der Waals surface area contributed by atoms with E-state index in [9.17, 15) is 8.42 Å². The highest BCUT2D eigenvalue weighted by Gasteiger charge is 2.31. The lowest BCUT2D eigenvalue weighted by Gasteiger charge is -2.32. The third-order valence-electron chi connectivity index (χ3n) is 3.89. The molecule has 20 heavy (non-hydrogen) atoms. The molecule has 0 amide bonds. The fraction of sp³-hybridized carbons (Fsp3) is 0.692. The van der Waals surface area contributed by atoms with Crippen molar-refractivity contribution in [2.45, 2.75) is 50.7 Å². The highest BCUT2D eigenvalue weighted by molar-refractivity contribution is 9.10. The lowest BCUT2D eigenvalue weighted by atomic mass is 9.80. The third kappa shape index (κ3) is 3.44. The number of aliphatic hydroxyl groups excluding tert-OH is 1. The Morgan fingerprint density at radius 1 is 1.45 bits per heavy atom. The quantitative estimate of drug-likeness (QED) is 0.859. The number of furan rings is 1. The normalized spacial score (nSPS) is 27.7. The van der Waals surface area contributed by atoms with Gasteiger partial charge in [-0.15, -0.1) is 0 Å². The molecule has 0 bridgehead atoms. The second kappa shape index (κ2) is 6.17. The number of rotatable bonds is 4. The summed E-state index contributed by atoms with van der Waals surface area (Å²) in [5, 5.41) is 9.00. The Kier molecular flexibility index (Phi) is 4.94. The summed E-state index contributed by atoms with van der Waals surface area (Å²) in [7, 11) is -3.63. The van der Waals surface area contributed by atoms with Crippen molar-refractivity contribution >= 4 is 26.0 Å². The number of hydrogen-bond donors (Lipinski definition) is 2. The van der Waals surface area contributed by atoms with Crippen LogP contribution in [0.15, 0.2) is 20.0 Å². The maximum absolute atomic E-state index is 12.4. The number of hydrogen-bond acceptors (Lipinski definition) is 4. The SMILES string of the molecule is CC1CCC(NS(=O)(=O)c2cc(CO)oc2Br)C(C)C1. The molecular weight excluding hydrogens is 346 g/mol. The van der Waals surface area contributed by atoms with Crippen LogP contribution in [-0.2, 0) is 16.6 Å². The van der Waals surface area contributed by atoms with E-state index >= 15 is 0 Å². The van der Waals surface area contributed by atoms with E-state index in [0.717, 1.165) is 19.3 Å². The van der Waals surface area contributed by atoms with Crippen molar-refractivity contribution in [1.29, 1.82) is 0 Å². The summed E-state index contributed by atoms with van der Waals surface area (Å²) in [5.74, 6) is 1.19. The molecule has 1 fully saturated rings. The third-order valence-corrected chi connectivity index (χ3v) is 6.24. The first-order valence-corrected chi connectivity index (χ1v) is 9.02. The molecule has 114 valence electrons. The van der Waals surface area contributed by atoms with Gasteiger partial charge in [0.15, 0.2) is 4.67 Å². The number of halogens is 1. The van der Waals surface area contributed by atoms with Crippen LogP contribution in [0.5, 0.6) is 0 Å². The topological polar surface area (TPSA) is 79.5 Å². The van der Waals surface area contributed by atoms with Crippen LogP contribution in [0, 0.1) is 11.8 Å². The van der Waals surface area contributed by atoms with Crippen molar-refractivity contribution in [3.8, 4) is 0 Å². The second-order valence-corrected chi connectivity index (χ2v) is 8.03.